The zero-order chi connectivity index (χ0) is 12.2. The highest BCUT2D eigenvalue weighted by Crippen LogP contribution is 2.00. The van der Waals surface area contributed by atoms with Gasteiger partial charge >= 0.3 is 23.2 Å². The first-order chi connectivity index (χ1) is 8.09. The van der Waals surface area contributed by atoms with Gasteiger partial charge in [-0.2, -0.15) is 0 Å². The number of imidazole rings is 1. The molecule has 0 aromatic carbocycles. The highest BCUT2D eigenvalue weighted by Gasteiger charge is 2.30. The minimum atomic E-state index is -1.47. The molecule has 3 heterocycles. The van der Waals surface area contributed by atoms with Crippen LogP contribution in [-0.2, 0) is 9.59 Å². The number of nitrogens with one attached hydrogen (secondary N) is 1. The first kappa shape index (κ1) is 9.33. The molecule has 0 spiro atoms. The average Bonchev–Trinajstić information content (AvgIpc) is 2.75. The van der Waals surface area contributed by atoms with E-state index in [1.54, 1.807) is 0 Å². The second-order valence-electron chi connectivity index (χ2n) is 3.04. The van der Waals surface area contributed by atoms with Gasteiger partial charge in [0.15, 0.2) is 5.52 Å². The largest absolute Gasteiger partial charge is 0.444 e. The van der Waals surface area contributed by atoms with E-state index in [0.717, 1.165) is 6.33 Å². The van der Waals surface area contributed by atoms with Crippen molar-refractivity contribution in [1.82, 2.24) is 19.4 Å². The predicted octanol–water partition coefficient (Wildman–Crippen LogP) is -3.19. The van der Waals surface area contributed by atoms with Gasteiger partial charge in [-0.15, -0.1) is 0 Å². The normalized spacial score (nSPS) is 14.4. The van der Waals surface area contributed by atoms with Crippen LogP contribution in [0.4, 0.5) is 0 Å². The second kappa shape index (κ2) is 2.81. The molecule has 17 heavy (non-hydrogen) atoms. The Labute approximate surface area is 89.9 Å². The molecular weight excluding hydrogens is 236 g/mol. The lowest BCUT2D eigenvalue weighted by atomic mass is 10.5. The molecule has 0 aliphatic carbocycles. The number of hydrogen-bond acceptors (Lipinski definition) is 7. The van der Waals surface area contributed by atoms with Crippen LogP contribution in [0.5, 0.6) is 0 Å². The summed E-state index contributed by atoms with van der Waals surface area (Å²) in [6.07, 6.45) is 1.13. The predicted molar refractivity (Wildman–Crippen MR) is 47.8 cm³/mol. The number of nitrogens with zero attached hydrogens (tertiary/aromatic N) is 3. The van der Waals surface area contributed by atoms with Gasteiger partial charge in [-0.1, -0.05) is 9.46 Å². The fraction of sp³-hybridized carbons (Fsp3) is 0. The monoisotopic (exact) mass is 238 g/mol. The number of carbonyl (C=O) groups is 2. The SMILES string of the molecule is O=C1On2c(=O)c3[nH]cnc3n(c2=O)OC1=O. The summed E-state index contributed by atoms with van der Waals surface area (Å²) in [4.78, 5) is 60.2. The maximum atomic E-state index is 11.7. The molecule has 0 fully saturated rings. The molecule has 86 valence electrons. The van der Waals surface area contributed by atoms with E-state index in [4.69, 9.17) is 0 Å². The van der Waals surface area contributed by atoms with Crippen LogP contribution in [0.3, 0.4) is 0 Å². The zero-order valence-corrected chi connectivity index (χ0v) is 7.87. The van der Waals surface area contributed by atoms with Gasteiger partial charge in [0.05, 0.1) is 6.33 Å². The van der Waals surface area contributed by atoms with Crippen LogP contribution in [0, 0.1) is 0 Å². The van der Waals surface area contributed by atoms with Crippen molar-refractivity contribution >= 4 is 23.1 Å². The van der Waals surface area contributed by atoms with Gasteiger partial charge in [0.25, 0.3) is 0 Å². The summed E-state index contributed by atoms with van der Waals surface area (Å²) in [5.41, 5.74) is -2.41. The molecule has 3 rings (SSSR count). The maximum absolute atomic E-state index is 11.7. The number of fused-ring (bicyclic) bond motifs is 4. The van der Waals surface area contributed by atoms with Crippen LogP contribution < -0.4 is 20.9 Å². The molecule has 2 aromatic heterocycles. The number of H-pyrrole nitrogens is 1. The molecule has 0 radical (unpaired) electrons. The summed E-state index contributed by atoms with van der Waals surface area (Å²) in [6, 6.07) is 0. The summed E-state index contributed by atoms with van der Waals surface area (Å²) >= 11 is 0. The van der Waals surface area contributed by atoms with Crippen molar-refractivity contribution in [3.63, 3.8) is 0 Å². The lowest BCUT2D eigenvalue weighted by Crippen LogP contribution is -2.43. The first-order valence-corrected chi connectivity index (χ1v) is 4.25. The van der Waals surface area contributed by atoms with E-state index in [1.807, 2.05) is 0 Å². The topological polar surface area (TPSA) is 125 Å². The van der Waals surface area contributed by atoms with E-state index >= 15 is 0 Å². The molecule has 10 heteroatoms. The number of rotatable bonds is 0. The quantitative estimate of drug-likeness (QED) is 0.479. The van der Waals surface area contributed by atoms with E-state index in [-0.39, 0.29) is 15.9 Å². The van der Waals surface area contributed by atoms with Gasteiger partial charge in [-0.3, -0.25) is 4.79 Å². The van der Waals surface area contributed by atoms with Crippen LogP contribution in [0.25, 0.3) is 11.2 Å². The van der Waals surface area contributed by atoms with E-state index in [9.17, 15) is 19.2 Å². The first-order valence-electron chi connectivity index (χ1n) is 4.25. The number of aromatic amines is 1. The number of carbonyl (C=O) groups excluding carboxylic acids is 2. The average molecular weight is 238 g/mol. The molecule has 0 saturated heterocycles. The lowest BCUT2D eigenvalue weighted by Gasteiger charge is -2.01. The second-order valence-corrected chi connectivity index (χ2v) is 3.04. The Morgan fingerprint density at radius 3 is 2.41 bits per heavy atom. The highest BCUT2D eigenvalue weighted by molar-refractivity contribution is 6.30. The summed E-state index contributed by atoms with van der Waals surface area (Å²) in [5, 5.41) is 0. The Morgan fingerprint density at radius 1 is 1.06 bits per heavy atom. The van der Waals surface area contributed by atoms with Crippen molar-refractivity contribution in [3.8, 4) is 0 Å². The van der Waals surface area contributed by atoms with Gasteiger partial charge in [-0.25, -0.2) is 19.4 Å². The van der Waals surface area contributed by atoms with Crippen LogP contribution in [-0.4, -0.2) is 31.4 Å². The number of aromatic nitrogens is 4. The summed E-state index contributed by atoms with van der Waals surface area (Å²) in [6.45, 7) is 0. The molecule has 0 saturated carbocycles. The maximum Gasteiger partial charge on any atom is 0.444 e. The summed E-state index contributed by atoms with van der Waals surface area (Å²) in [5.74, 6) is -2.90. The van der Waals surface area contributed by atoms with E-state index in [1.165, 1.54) is 0 Å². The fourth-order valence-electron chi connectivity index (χ4n) is 1.36. The molecule has 10 nitrogen and oxygen atoms in total. The molecular formula is C7H2N4O6. The van der Waals surface area contributed by atoms with Gasteiger partial charge in [0, 0.05) is 0 Å². The third kappa shape index (κ3) is 1.05. The van der Waals surface area contributed by atoms with Crippen molar-refractivity contribution in [2.45, 2.75) is 0 Å². The lowest BCUT2D eigenvalue weighted by molar-refractivity contribution is -0.165. The van der Waals surface area contributed by atoms with Crippen molar-refractivity contribution in [2.75, 3.05) is 0 Å². The molecule has 2 bridgehead atoms. The van der Waals surface area contributed by atoms with Crippen LogP contribution in [0.15, 0.2) is 15.9 Å². The molecule has 0 amide bonds. The molecule has 1 aliphatic heterocycles. The molecule has 1 N–H and O–H groups in total. The Hall–Kier alpha value is -2.91. The molecule has 1 aliphatic rings. The van der Waals surface area contributed by atoms with Gasteiger partial charge < -0.3 is 14.7 Å². The molecule has 0 atom stereocenters. The van der Waals surface area contributed by atoms with E-state index in [0.29, 0.717) is 4.73 Å². The molecule has 0 unspecified atom stereocenters. The minimum absolute atomic E-state index is 0.119. The fourth-order valence-corrected chi connectivity index (χ4v) is 1.36. The van der Waals surface area contributed by atoms with Crippen molar-refractivity contribution in [3.05, 3.63) is 27.2 Å². The van der Waals surface area contributed by atoms with Gasteiger partial charge in [-0.05, 0) is 0 Å². The van der Waals surface area contributed by atoms with E-state index < -0.39 is 23.2 Å². The van der Waals surface area contributed by atoms with Crippen LogP contribution in [0.1, 0.15) is 0 Å². The van der Waals surface area contributed by atoms with Crippen LogP contribution >= 0.6 is 0 Å². The van der Waals surface area contributed by atoms with E-state index in [2.05, 4.69) is 19.6 Å². The van der Waals surface area contributed by atoms with Gasteiger partial charge in [0.2, 0.25) is 5.65 Å². The third-order valence-corrected chi connectivity index (χ3v) is 2.07. The van der Waals surface area contributed by atoms with Crippen LogP contribution in [0.2, 0.25) is 0 Å². The smallest absolute Gasteiger partial charge is 0.339 e. The Bertz CT molecular complexity index is 780. The zero-order valence-electron chi connectivity index (χ0n) is 7.87. The number of hydrogen-bond donors (Lipinski definition) is 1. The standard InChI is InChI=1S/C7H2N4O6/c12-4-2-3(9-1-8-2)10-7(15)11(4)17-6(14)5(13)16-10/h1H,(H,8,9). The van der Waals surface area contributed by atoms with Crippen molar-refractivity contribution < 1.29 is 19.3 Å². The third-order valence-electron chi connectivity index (χ3n) is 2.07. The van der Waals surface area contributed by atoms with Crippen molar-refractivity contribution in [2.24, 2.45) is 0 Å². The Balaban J connectivity index is 2.54. The Morgan fingerprint density at radius 2 is 1.71 bits per heavy atom. The Kier molecular flexibility index (Phi) is 1.54. The van der Waals surface area contributed by atoms with Crippen molar-refractivity contribution in [1.29, 1.82) is 0 Å². The summed E-state index contributed by atoms with van der Waals surface area (Å²) < 4.78 is 0.522. The molecule has 2 aromatic rings. The van der Waals surface area contributed by atoms with Gasteiger partial charge in [0.1, 0.15) is 0 Å². The minimum Gasteiger partial charge on any atom is -0.339 e. The summed E-state index contributed by atoms with van der Waals surface area (Å²) in [7, 11) is 0. The highest BCUT2D eigenvalue weighted by atomic mass is 16.8.